The van der Waals surface area contributed by atoms with Crippen molar-refractivity contribution >= 4 is 23.2 Å². The molecular formula is C36H47N8O3+. The highest BCUT2D eigenvalue weighted by molar-refractivity contribution is 5.99. The van der Waals surface area contributed by atoms with E-state index in [0.29, 0.717) is 47.3 Å². The summed E-state index contributed by atoms with van der Waals surface area (Å²) in [7, 11) is 3.84. The van der Waals surface area contributed by atoms with Crippen LogP contribution in [0.25, 0.3) is 5.57 Å². The molecule has 2 N–H and O–H groups in total. The Kier molecular flexibility index (Phi) is 8.80. The Morgan fingerprint density at radius 2 is 2.06 bits per heavy atom. The molecule has 2 amide bonds. The molecule has 0 bridgehead atoms. The van der Waals surface area contributed by atoms with Gasteiger partial charge in [-0.25, -0.2) is 9.78 Å². The molecule has 3 aromatic heterocycles. The predicted octanol–water partition coefficient (Wildman–Crippen LogP) is 5.05. The smallest absolute Gasteiger partial charge is 0.338 e. The van der Waals surface area contributed by atoms with Crippen LogP contribution in [0.2, 0.25) is 0 Å². The number of rotatable bonds is 10. The third-order valence-corrected chi connectivity index (χ3v) is 10.5. The van der Waals surface area contributed by atoms with Crippen molar-refractivity contribution in [3.63, 3.8) is 0 Å². The molecule has 4 atom stereocenters. The minimum absolute atomic E-state index is 0.0450. The first-order chi connectivity index (χ1) is 22.4. The summed E-state index contributed by atoms with van der Waals surface area (Å²) in [4.78, 5) is 41.8. The van der Waals surface area contributed by atoms with Gasteiger partial charge in [0.2, 0.25) is 5.91 Å². The van der Waals surface area contributed by atoms with E-state index in [2.05, 4.69) is 50.9 Å². The van der Waals surface area contributed by atoms with Crippen LogP contribution in [0.5, 0.6) is 0 Å². The van der Waals surface area contributed by atoms with E-state index < -0.39 is 5.41 Å². The number of nitrogens with one attached hydrogen (secondary N) is 2. The van der Waals surface area contributed by atoms with Gasteiger partial charge in [-0.05, 0) is 70.6 Å². The van der Waals surface area contributed by atoms with E-state index >= 15 is 0 Å². The van der Waals surface area contributed by atoms with Gasteiger partial charge in [-0.15, -0.1) is 0 Å². The van der Waals surface area contributed by atoms with Crippen molar-refractivity contribution in [2.75, 3.05) is 38.5 Å². The normalized spacial score (nSPS) is 25.7. The number of imidazole rings is 1. The van der Waals surface area contributed by atoms with Crippen LogP contribution in [0.1, 0.15) is 74.7 Å². The Labute approximate surface area is 277 Å². The molecule has 2 unspecified atom stereocenters. The fourth-order valence-corrected chi connectivity index (χ4v) is 6.76. The van der Waals surface area contributed by atoms with E-state index in [9.17, 15) is 9.59 Å². The Hall–Kier alpha value is -4.35. The fourth-order valence-electron chi connectivity index (χ4n) is 6.76. The molecule has 11 nitrogen and oxygen atoms in total. The summed E-state index contributed by atoms with van der Waals surface area (Å²) in [5, 5.41) is 7.50. The summed E-state index contributed by atoms with van der Waals surface area (Å²) < 4.78 is 9.01. The maximum Gasteiger partial charge on any atom is 0.338 e. The lowest BCUT2D eigenvalue weighted by molar-refractivity contribution is -0.861. The molecule has 6 rings (SSSR count). The quantitative estimate of drug-likeness (QED) is 0.236. The van der Waals surface area contributed by atoms with Gasteiger partial charge in [0.15, 0.2) is 11.9 Å². The van der Waals surface area contributed by atoms with Gasteiger partial charge in [-0.2, -0.15) is 5.10 Å². The predicted molar refractivity (Wildman–Crippen MR) is 181 cm³/mol. The number of nitrogens with zero attached hydrogens (tertiary/aromatic N) is 6. The summed E-state index contributed by atoms with van der Waals surface area (Å²) in [6.07, 6.45) is 13.2. The van der Waals surface area contributed by atoms with E-state index in [4.69, 9.17) is 9.72 Å². The average molecular weight is 640 g/mol. The molecule has 47 heavy (non-hydrogen) atoms. The molecule has 1 saturated carbocycles. The molecule has 0 spiro atoms. The maximum absolute atomic E-state index is 13.9. The lowest BCUT2D eigenvalue weighted by Crippen LogP contribution is -2.65. The number of hydrogen-bond donors (Lipinski definition) is 2. The summed E-state index contributed by atoms with van der Waals surface area (Å²) in [6.45, 7) is 14.5. The first kappa shape index (κ1) is 32.6. The number of amides is 2. The van der Waals surface area contributed by atoms with Gasteiger partial charge in [0.05, 0.1) is 31.2 Å². The van der Waals surface area contributed by atoms with E-state index in [1.54, 1.807) is 17.1 Å². The van der Waals surface area contributed by atoms with Crippen molar-refractivity contribution < 1.29 is 18.8 Å². The van der Waals surface area contributed by atoms with Crippen molar-refractivity contribution in [3.05, 3.63) is 89.6 Å². The van der Waals surface area contributed by atoms with E-state index in [0.717, 1.165) is 35.5 Å². The Balaban J connectivity index is 1.31. The monoisotopic (exact) mass is 639 g/mol. The van der Waals surface area contributed by atoms with Crippen LogP contribution in [-0.4, -0.2) is 85.2 Å². The van der Waals surface area contributed by atoms with Gasteiger partial charge in [-0.1, -0.05) is 18.2 Å². The summed E-state index contributed by atoms with van der Waals surface area (Å²) >= 11 is 0. The molecule has 1 saturated heterocycles. The standard InChI is InChI=1S/C36H46N8O3/c1-8-32(45)44(7)16-15-43(21-25(44)4)22-31(29-12-11-27(19-39-29)26-9-10-26)47-30-17-24(3)36(5,18-28(30)34-37-13-14-38-34)35(46)40-33-23(2)20-42(6)41-33/h8,11-14,17,19-20,25-26,31H,1,9-10,15-16,18,21-22H2,2-7H3,(H-,37,38,40,41,46)/p+1/t25-,31+,36?,44?/m1/s1. The number of pyridine rings is 1. The molecule has 0 aromatic carbocycles. The number of anilines is 1. The Morgan fingerprint density at radius 1 is 1.28 bits per heavy atom. The van der Waals surface area contributed by atoms with Gasteiger partial charge in [-0.3, -0.25) is 23.8 Å². The third kappa shape index (κ3) is 6.46. The molecule has 1 aliphatic heterocycles. The SMILES string of the molecule is C=CC(=O)[N+]1(C)CCN(C[C@H](OC2=C(c3ncc[nH]3)CC(C)(C(=O)Nc3nn(C)cc3C)C(C)=C2)c2ccc(C3CC3)cn2)C[C@H]1C. The van der Waals surface area contributed by atoms with Gasteiger partial charge >= 0.3 is 5.91 Å². The molecule has 4 heterocycles. The lowest BCUT2D eigenvalue weighted by Gasteiger charge is -2.45. The molecule has 3 aliphatic rings. The number of H-pyrrole nitrogens is 1. The second-order valence-corrected chi connectivity index (χ2v) is 13.9. The van der Waals surface area contributed by atoms with Gasteiger partial charge in [0.1, 0.15) is 17.6 Å². The highest BCUT2D eigenvalue weighted by Gasteiger charge is 2.43. The van der Waals surface area contributed by atoms with Crippen LogP contribution >= 0.6 is 0 Å². The van der Waals surface area contributed by atoms with Crippen molar-refractivity contribution in [3.8, 4) is 0 Å². The molecule has 2 aliphatic carbocycles. The first-order valence-corrected chi connectivity index (χ1v) is 16.5. The number of quaternary nitrogens is 1. The number of carbonyl (C=O) groups excluding carboxylic acids is 2. The molecule has 2 fully saturated rings. The number of carbonyl (C=O) groups is 2. The van der Waals surface area contributed by atoms with Crippen molar-refractivity contribution in [1.29, 1.82) is 0 Å². The van der Waals surface area contributed by atoms with Crippen molar-refractivity contribution in [1.82, 2.24) is 29.6 Å². The second kappa shape index (κ2) is 12.7. The molecule has 3 aromatic rings. The second-order valence-electron chi connectivity index (χ2n) is 13.9. The lowest BCUT2D eigenvalue weighted by atomic mass is 9.72. The van der Waals surface area contributed by atoms with Crippen molar-refractivity contribution in [2.45, 2.75) is 65.0 Å². The van der Waals surface area contributed by atoms with Gasteiger partial charge in [0, 0.05) is 62.1 Å². The number of aromatic amines is 1. The molecule has 11 heteroatoms. The average Bonchev–Trinajstić information content (AvgIpc) is 3.66. The topological polar surface area (TPSA) is 118 Å². The highest BCUT2D eigenvalue weighted by Crippen LogP contribution is 2.45. The number of ether oxygens (including phenoxy) is 1. The van der Waals surface area contributed by atoms with E-state index in [1.807, 2.05) is 53.3 Å². The van der Waals surface area contributed by atoms with E-state index in [-0.39, 0.29) is 24.0 Å². The first-order valence-electron chi connectivity index (χ1n) is 16.5. The van der Waals surface area contributed by atoms with Gasteiger partial charge in [0.25, 0.3) is 0 Å². The van der Waals surface area contributed by atoms with E-state index in [1.165, 1.54) is 24.5 Å². The fraction of sp³-hybridized carbons (Fsp3) is 0.472. The Morgan fingerprint density at radius 3 is 2.66 bits per heavy atom. The maximum atomic E-state index is 13.9. The minimum atomic E-state index is -0.860. The van der Waals surface area contributed by atoms with Crippen LogP contribution < -0.4 is 5.32 Å². The zero-order chi connectivity index (χ0) is 33.5. The van der Waals surface area contributed by atoms with Crippen LogP contribution in [0.3, 0.4) is 0 Å². The van der Waals surface area contributed by atoms with Crippen LogP contribution in [0, 0.1) is 12.3 Å². The summed E-state index contributed by atoms with van der Waals surface area (Å²) in [5.74, 6) is 2.40. The minimum Gasteiger partial charge on any atom is -0.482 e. The number of allylic oxidation sites excluding steroid dienone is 2. The largest absolute Gasteiger partial charge is 0.482 e. The molecule has 0 radical (unpaired) electrons. The number of aromatic nitrogens is 5. The molecular weight excluding hydrogens is 592 g/mol. The molecule has 248 valence electrons. The van der Waals surface area contributed by atoms with Crippen molar-refractivity contribution in [2.24, 2.45) is 12.5 Å². The third-order valence-electron chi connectivity index (χ3n) is 10.5. The number of piperazine rings is 1. The van der Waals surface area contributed by atoms with Crippen LogP contribution in [-0.2, 0) is 21.4 Å². The number of hydrogen-bond acceptors (Lipinski definition) is 7. The Bertz CT molecular complexity index is 1720. The summed E-state index contributed by atoms with van der Waals surface area (Å²) in [5.41, 5.74) is 3.86. The number of likely N-dealkylation sites (N-methyl/N-ethyl adjacent to an activating group) is 1. The zero-order valence-electron chi connectivity index (χ0n) is 28.4. The zero-order valence-corrected chi connectivity index (χ0v) is 28.4. The van der Waals surface area contributed by atoms with Crippen LogP contribution in [0.4, 0.5) is 5.82 Å². The van der Waals surface area contributed by atoms with Crippen LogP contribution in [0.15, 0.2) is 67.0 Å². The van der Waals surface area contributed by atoms with Gasteiger partial charge < -0.3 is 15.0 Å². The number of aryl methyl sites for hydroxylation is 2. The highest BCUT2D eigenvalue weighted by atomic mass is 16.5. The summed E-state index contributed by atoms with van der Waals surface area (Å²) in [6, 6.07) is 4.36.